The Balaban J connectivity index is 1.60. The van der Waals surface area contributed by atoms with Crippen molar-refractivity contribution in [3.8, 4) is 0 Å². The molecule has 0 spiro atoms. The summed E-state index contributed by atoms with van der Waals surface area (Å²) in [6.45, 7) is 1.26. The quantitative estimate of drug-likeness (QED) is 0.779. The normalized spacial score (nSPS) is 15.9. The summed E-state index contributed by atoms with van der Waals surface area (Å²) in [5, 5.41) is 1.96. The largest absolute Gasteiger partial charge is 0.337 e. The third kappa shape index (κ3) is 4.79. The molecule has 1 amide bonds. The Hall–Kier alpha value is -1.55. The number of benzene rings is 1. The highest BCUT2D eigenvalue weighted by atomic mass is 32.2. The molecular formula is C17H20N2O4S3. The Morgan fingerprint density at radius 3 is 2.46 bits per heavy atom. The number of nitrogens with zero attached hydrogens (tertiary/aromatic N) is 1. The lowest BCUT2D eigenvalue weighted by Crippen LogP contribution is -2.41. The van der Waals surface area contributed by atoms with Crippen LogP contribution in [0.1, 0.15) is 15.2 Å². The molecule has 0 saturated carbocycles. The maximum Gasteiger partial charge on any atom is 0.253 e. The van der Waals surface area contributed by atoms with E-state index in [4.69, 9.17) is 0 Å². The number of carbonyl (C=O) groups is 1. The SMILES string of the molecule is O=C(c1ccc(S(=O)(=O)NCCc2cccs2)cc1)N1CCS(=O)CC1. The van der Waals surface area contributed by atoms with Crippen molar-refractivity contribution in [3.05, 3.63) is 52.2 Å². The highest BCUT2D eigenvalue weighted by Crippen LogP contribution is 2.14. The topological polar surface area (TPSA) is 83.6 Å². The van der Waals surface area contributed by atoms with Crippen LogP contribution in [-0.2, 0) is 27.2 Å². The van der Waals surface area contributed by atoms with Gasteiger partial charge in [0.15, 0.2) is 0 Å². The van der Waals surface area contributed by atoms with Crippen molar-refractivity contribution in [2.75, 3.05) is 31.1 Å². The zero-order valence-corrected chi connectivity index (χ0v) is 16.5. The highest BCUT2D eigenvalue weighted by molar-refractivity contribution is 7.89. The second kappa shape index (κ2) is 8.43. The summed E-state index contributed by atoms with van der Waals surface area (Å²) in [4.78, 5) is 15.4. The number of hydrogen-bond acceptors (Lipinski definition) is 5. The van der Waals surface area contributed by atoms with Gasteiger partial charge in [0.2, 0.25) is 10.0 Å². The monoisotopic (exact) mass is 412 g/mol. The van der Waals surface area contributed by atoms with Crippen LogP contribution < -0.4 is 4.72 Å². The average molecular weight is 413 g/mol. The van der Waals surface area contributed by atoms with Crippen LogP contribution in [0, 0.1) is 0 Å². The fraction of sp³-hybridized carbons (Fsp3) is 0.353. The van der Waals surface area contributed by atoms with E-state index in [-0.39, 0.29) is 10.8 Å². The summed E-state index contributed by atoms with van der Waals surface area (Å²) in [6, 6.07) is 9.86. The molecule has 26 heavy (non-hydrogen) atoms. The summed E-state index contributed by atoms with van der Waals surface area (Å²) < 4.78 is 38.7. The van der Waals surface area contributed by atoms with Crippen molar-refractivity contribution in [2.24, 2.45) is 0 Å². The fourth-order valence-electron chi connectivity index (χ4n) is 2.65. The molecule has 140 valence electrons. The molecule has 3 rings (SSSR count). The molecule has 1 aromatic carbocycles. The minimum Gasteiger partial charge on any atom is -0.337 e. The molecule has 0 atom stereocenters. The Bertz CT molecular complexity index is 867. The third-order valence-electron chi connectivity index (χ3n) is 4.12. The van der Waals surface area contributed by atoms with Gasteiger partial charge in [-0.3, -0.25) is 9.00 Å². The van der Waals surface area contributed by atoms with Crippen LogP contribution in [0.3, 0.4) is 0 Å². The predicted octanol–water partition coefficient (Wildman–Crippen LogP) is 1.47. The summed E-state index contributed by atoms with van der Waals surface area (Å²) in [5.41, 5.74) is 0.440. The molecule has 9 heteroatoms. The zero-order valence-electron chi connectivity index (χ0n) is 14.1. The van der Waals surface area contributed by atoms with E-state index in [0.29, 0.717) is 43.1 Å². The zero-order chi connectivity index (χ0) is 18.6. The van der Waals surface area contributed by atoms with Crippen LogP contribution in [0.4, 0.5) is 0 Å². The number of sulfonamides is 1. The van der Waals surface area contributed by atoms with Crippen molar-refractivity contribution >= 4 is 38.1 Å². The molecule has 0 aliphatic carbocycles. The van der Waals surface area contributed by atoms with Crippen molar-refractivity contribution in [2.45, 2.75) is 11.3 Å². The summed E-state index contributed by atoms with van der Waals surface area (Å²) in [6.07, 6.45) is 0.643. The molecule has 1 saturated heterocycles. The van der Waals surface area contributed by atoms with Crippen LogP contribution in [0.2, 0.25) is 0 Å². The van der Waals surface area contributed by atoms with Gasteiger partial charge in [0.05, 0.1) is 4.90 Å². The van der Waals surface area contributed by atoms with Gasteiger partial charge >= 0.3 is 0 Å². The summed E-state index contributed by atoms with van der Waals surface area (Å²) >= 11 is 1.59. The standard InChI is InChI=1S/C17H20N2O4S3/c20-17(19-9-12-25(21)13-10-19)14-3-5-16(6-4-14)26(22,23)18-8-7-15-2-1-11-24-15/h1-6,11,18H,7-10,12-13H2. The first-order valence-electron chi connectivity index (χ1n) is 8.22. The van der Waals surface area contributed by atoms with E-state index in [1.54, 1.807) is 16.2 Å². The maximum absolute atomic E-state index is 12.4. The van der Waals surface area contributed by atoms with Crippen LogP contribution in [0.15, 0.2) is 46.7 Å². The second-order valence-electron chi connectivity index (χ2n) is 5.89. The van der Waals surface area contributed by atoms with Crippen molar-refractivity contribution in [3.63, 3.8) is 0 Å². The smallest absolute Gasteiger partial charge is 0.253 e. The van der Waals surface area contributed by atoms with E-state index in [0.717, 1.165) is 4.88 Å². The average Bonchev–Trinajstić information content (AvgIpc) is 3.15. The molecule has 1 fully saturated rings. The highest BCUT2D eigenvalue weighted by Gasteiger charge is 2.22. The number of amides is 1. The molecule has 1 aliphatic rings. The first-order valence-corrected chi connectivity index (χ1v) is 12.1. The Labute approximate surface area is 159 Å². The lowest BCUT2D eigenvalue weighted by Gasteiger charge is -2.26. The van der Waals surface area contributed by atoms with E-state index < -0.39 is 20.8 Å². The third-order valence-corrected chi connectivity index (χ3v) is 7.81. The Morgan fingerprint density at radius 1 is 1.15 bits per heavy atom. The van der Waals surface area contributed by atoms with Crippen molar-refractivity contribution < 1.29 is 17.4 Å². The van der Waals surface area contributed by atoms with Crippen molar-refractivity contribution in [1.29, 1.82) is 0 Å². The van der Waals surface area contributed by atoms with Crippen LogP contribution >= 0.6 is 11.3 Å². The Kier molecular flexibility index (Phi) is 6.23. The van der Waals surface area contributed by atoms with Crippen LogP contribution in [0.5, 0.6) is 0 Å². The van der Waals surface area contributed by atoms with E-state index in [1.807, 2.05) is 17.5 Å². The van der Waals surface area contributed by atoms with Gasteiger partial charge in [-0.25, -0.2) is 13.1 Å². The minimum atomic E-state index is -3.60. The molecule has 6 nitrogen and oxygen atoms in total. The van der Waals surface area contributed by atoms with Gasteiger partial charge in [-0.15, -0.1) is 11.3 Å². The first-order chi connectivity index (χ1) is 12.5. The number of rotatable bonds is 6. The van der Waals surface area contributed by atoms with Gasteiger partial charge < -0.3 is 4.90 Å². The molecule has 2 heterocycles. The lowest BCUT2D eigenvalue weighted by atomic mass is 10.2. The van der Waals surface area contributed by atoms with Crippen LogP contribution in [0.25, 0.3) is 0 Å². The maximum atomic E-state index is 12.4. The van der Waals surface area contributed by atoms with E-state index in [2.05, 4.69) is 4.72 Å². The fourth-order valence-corrected chi connectivity index (χ4v) is 5.44. The van der Waals surface area contributed by atoms with E-state index in [9.17, 15) is 17.4 Å². The molecule has 1 N–H and O–H groups in total. The lowest BCUT2D eigenvalue weighted by molar-refractivity contribution is 0.0771. The van der Waals surface area contributed by atoms with Gasteiger partial charge in [-0.2, -0.15) is 0 Å². The van der Waals surface area contributed by atoms with E-state index >= 15 is 0 Å². The molecular weight excluding hydrogens is 392 g/mol. The first kappa shape index (κ1) is 19.2. The van der Waals surface area contributed by atoms with E-state index in [1.165, 1.54) is 24.3 Å². The molecule has 1 aromatic heterocycles. The van der Waals surface area contributed by atoms with Gasteiger partial charge in [0, 0.05) is 52.4 Å². The van der Waals surface area contributed by atoms with Crippen molar-refractivity contribution in [1.82, 2.24) is 9.62 Å². The van der Waals surface area contributed by atoms with Gasteiger partial charge in [-0.1, -0.05) is 6.07 Å². The van der Waals surface area contributed by atoms with Gasteiger partial charge in [0.1, 0.15) is 0 Å². The van der Waals surface area contributed by atoms with Crippen LogP contribution in [-0.4, -0.2) is 54.6 Å². The van der Waals surface area contributed by atoms with Gasteiger partial charge in [0.25, 0.3) is 5.91 Å². The molecule has 1 aliphatic heterocycles. The number of hydrogen-bond donors (Lipinski definition) is 1. The second-order valence-corrected chi connectivity index (χ2v) is 10.4. The molecule has 0 unspecified atom stereocenters. The summed E-state index contributed by atoms with van der Waals surface area (Å²) in [7, 11) is -4.44. The Morgan fingerprint density at radius 2 is 1.85 bits per heavy atom. The number of carbonyl (C=O) groups excluding carboxylic acids is 1. The predicted molar refractivity (Wildman–Crippen MR) is 103 cm³/mol. The number of thiophene rings is 1. The van der Waals surface area contributed by atoms with Gasteiger partial charge in [-0.05, 0) is 42.1 Å². The minimum absolute atomic E-state index is 0.139. The molecule has 0 bridgehead atoms. The number of nitrogens with one attached hydrogen (secondary N) is 1. The summed E-state index contributed by atoms with van der Waals surface area (Å²) in [5.74, 6) is 0.829. The molecule has 0 radical (unpaired) electrons. The molecule has 2 aromatic rings.